The summed E-state index contributed by atoms with van der Waals surface area (Å²) in [4.78, 5) is 4.33. The molecule has 0 bridgehead atoms. The summed E-state index contributed by atoms with van der Waals surface area (Å²) in [5.41, 5.74) is 0.990. The van der Waals surface area contributed by atoms with Crippen molar-refractivity contribution < 1.29 is 4.52 Å². The zero-order valence-electron chi connectivity index (χ0n) is 15.5. The van der Waals surface area contributed by atoms with Crippen LogP contribution in [0.1, 0.15) is 64.3 Å². The molecule has 138 valence electrons. The summed E-state index contributed by atoms with van der Waals surface area (Å²) in [5.74, 6) is 3.17. The van der Waals surface area contributed by atoms with Crippen molar-refractivity contribution in [2.75, 3.05) is 7.05 Å². The van der Waals surface area contributed by atoms with E-state index in [1.807, 2.05) is 13.1 Å². The van der Waals surface area contributed by atoms with Crippen molar-refractivity contribution in [2.45, 2.75) is 71.9 Å². The number of hydrogen-bond donors (Lipinski definition) is 2. The number of guanidine groups is 1. The fourth-order valence-electron chi connectivity index (χ4n) is 3.39. The Hall–Kier alpha value is -0.790. The lowest BCUT2D eigenvalue weighted by molar-refractivity contribution is 0.229. The van der Waals surface area contributed by atoms with Crippen LogP contribution in [-0.4, -0.2) is 24.2 Å². The molecule has 2 rings (SSSR count). The second-order valence-corrected chi connectivity index (χ2v) is 6.75. The van der Waals surface area contributed by atoms with E-state index in [9.17, 15) is 0 Å². The van der Waals surface area contributed by atoms with E-state index in [2.05, 4.69) is 41.6 Å². The largest absolute Gasteiger partial charge is 0.359 e. The fourth-order valence-corrected chi connectivity index (χ4v) is 3.39. The number of halogens is 1. The van der Waals surface area contributed by atoms with E-state index >= 15 is 0 Å². The molecule has 6 heteroatoms. The van der Waals surface area contributed by atoms with Gasteiger partial charge in [-0.25, -0.2) is 0 Å². The molecule has 2 atom stereocenters. The van der Waals surface area contributed by atoms with Crippen molar-refractivity contribution in [3.8, 4) is 0 Å². The molecule has 1 saturated carbocycles. The first kappa shape index (κ1) is 21.3. The van der Waals surface area contributed by atoms with Crippen LogP contribution in [0.15, 0.2) is 15.6 Å². The predicted molar refractivity (Wildman–Crippen MR) is 110 cm³/mol. The highest BCUT2D eigenvalue weighted by Gasteiger charge is 2.25. The van der Waals surface area contributed by atoms with Gasteiger partial charge in [0.25, 0.3) is 0 Å². The monoisotopic (exact) mass is 448 g/mol. The van der Waals surface area contributed by atoms with Gasteiger partial charge in [-0.3, -0.25) is 4.99 Å². The fraction of sp³-hybridized carbons (Fsp3) is 0.778. The van der Waals surface area contributed by atoms with E-state index in [0.717, 1.165) is 29.8 Å². The maximum Gasteiger partial charge on any atom is 0.191 e. The van der Waals surface area contributed by atoms with Crippen LogP contribution in [0.4, 0.5) is 0 Å². The summed E-state index contributed by atoms with van der Waals surface area (Å²) in [5, 5.41) is 10.9. The molecule has 0 aliphatic heterocycles. The lowest BCUT2D eigenvalue weighted by Crippen LogP contribution is -2.46. The van der Waals surface area contributed by atoms with Crippen molar-refractivity contribution in [1.29, 1.82) is 0 Å². The molecule has 1 aromatic heterocycles. The molecule has 2 unspecified atom stereocenters. The van der Waals surface area contributed by atoms with Gasteiger partial charge in [-0.2, -0.15) is 0 Å². The standard InChI is InChI=1S/C18H32N4O.HI/c1-5-16-11-17(23-22-16)12-20-18(19-4)21-14(3)13(2)15-9-7-6-8-10-15;/h11,13-15H,5-10,12H2,1-4H3,(H2,19,20,21);1H. The van der Waals surface area contributed by atoms with E-state index < -0.39 is 0 Å². The highest BCUT2D eigenvalue weighted by molar-refractivity contribution is 14.0. The van der Waals surface area contributed by atoms with Crippen LogP contribution in [0.5, 0.6) is 0 Å². The number of hydrogen-bond acceptors (Lipinski definition) is 3. The summed E-state index contributed by atoms with van der Waals surface area (Å²) >= 11 is 0. The summed E-state index contributed by atoms with van der Waals surface area (Å²) in [6, 6.07) is 2.40. The molecule has 24 heavy (non-hydrogen) atoms. The quantitative estimate of drug-likeness (QED) is 0.391. The molecule has 2 N–H and O–H groups in total. The first-order valence-electron chi connectivity index (χ1n) is 9.05. The first-order valence-corrected chi connectivity index (χ1v) is 9.05. The number of rotatable bonds is 6. The topological polar surface area (TPSA) is 62.5 Å². The Bertz CT molecular complexity index is 497. The highest BCUT2D eigenvalue weighted by Crippen LogP contribution is 2.31. The number of aryl methyl sites for hydroxylation is 1. The van der Waals surface area contributed by atoms with Gasteiger partial charge in [0.2, 0.25) is 0 Å². The molecule has 1 heterocycles. The summed E-state index contributed by atoms with van der Waals surface area (Å²) in [6.07, 6.45) is 7.83. The molecular formula is C18H33IN4O. The van der Waals surface area contributed by atoms with E-state index in [1.54, 1.807) is 0 Å². The van der Waals surface area contributed by atoms with Crippen molar-refractivity contribution in [1.82, 2.24) is 15.8 Å². The molecule has 1 fully saturated rings. The van der Waals surface area contributed by atoms with Crippen LogP contribution in [0.2, 0.25) is 0 Å². The summed E-state index contributed by atoms with van der Waals surface area (Å²) in [6.45, 7) is 7.31. The number of nitrogens with zero attached hydrogens (tertiary/aromatic N) is 2. The van der Waals surface area contributed by atoms with E-state index in [-0.39, 0.29) is 24.0 Å². The summed E-state index contributed by atoms with van der Waals surface area (Å²) in [7, 11) is 1.81. The normalized spacial score (nSPS) is 18.6. The number of nitrogens with one attached hydrogen (secondary N) is 2. The van der Waals surface area contributed by atoms with E-state index in [4.69, 9.17) is 4.52 Å². The van der Waals surface area contributed by atoms with E-state index in [1.165, 1.54) is 32.1 Å². The Morgan fingerprint density at radius 1 is 1.33 bits per heavy atom. The van der Waals surface area contributed by atoms with Gasteiger partial charge < -0.3 is 15.2 Å². The first-order chi connectivity index (χ1) is 11.1. The Morgan fingerprint density at radius 3 is 2.62 bits per heavy atom. The van der Waals surface area contributed by atoms with Crippen LogP contribution < -0.4 is 10.6 Å². The summed E-state index contributed by atoms with van der Waals surface area (Å²) < 4.78 is 5.30. The second kappa shape index (κ2) is 10.9. The molecule has 0 saturated heterocycles. The van der Waals surface area contributed by atoms with Gasteiger partial charge in [-0.1, -0.05) is 51.1 Å². The van der Waals surface area contributed by atoms with Crippen molar-refractivity contribution in [2.24, 2.45) is 16.8 Å². The number of aromatic nitrogens is 1. The van der Waals surface area contributed by atoms with Crippen LogP contribution in [-0.2, 0) is 13.0 Å². The minimum absolute atomic E-state index is 0. The smallest absolute Gasteiger partial charge is 0.191 e. The van der Waals surface area contributed by atoms with Crippen LogP contribution >= 0.6 is 24.0 Å². The second-order valence-electron chi connectivity index (χ2n) is 6.75. The Morgan fingerprint density at radius 2 is 2.04 bits per heavy atom. The minimum Gasteiger partial charge on any atom is -0.359 e. The van der Waals surface area contributed by atoms with Gasteiger partial charge in [-0.05, 0) is 25.2 Å². The van der Waals surface area contributed by atoms with Gasteiger partial charge >= 0.3 is 0 Å². The van der Waals surface area contributed by atoms with E-state index in [0.29, 0.717) is 18.5 Å². The molecule has 0 radical (unpaired) electrons. The van der Waals surface area contributed by atoms with Crippen molar-refractivity contribution in [3.63, 3.8) is 0 Å². The van der Waals surface area contributed by atoms with Crippen LogP contribution in [0.3, 0.4) is 0 Å². The van der Waals surface area contributed by atoms with Crippen molar-refractivity contribution >= 4 is 29.9 Å². The third-order valence-corrected chi connectivity index (χ3v) is 5.17. The van der Waals surface area contributed by atoms with Gasteiger partial charge in [0, 0.05) is 19.2 Å². The molecule has 5 nitrogen and oxygen atoms in total. The molecular weight excluding hydrogens is 415 g/mol. The lowest BCUT2D eigenvalue weighted by atomic mass is 9.78. The predicted octanol–water partition coefficient (Wildman–Crippen LogP) is 4.12. The Labute approximate surface area is 163 Å². The lowest BCUT2D eigenvalue weighted by Gasteiger charge is -2.32. The van der Waals surface area contributed by atoms with Gasteiger partial charge in [0.1, 0.15) is 0 Å². The van der Waals surface area contributed by atoms with Gasteiger partial charge in [0.05, 0.1) is 12.2 Å². The van der Waals surface area contributed by atoms with Gasteiger partial charge in [0.15, 0.2) is 11.7 Å². The third-order valence-electron chi connectivity index (χ3n) is 5.17. The average Bonchev–Trinajstić information content (AvgIpc) is 3.06. The van der Waals surface area contributed by atoms with Crippen LogP contribution in [0, 0.1) is 11.8 Å². The van der Waals surface area contributed by atoms with Crippen LogP contribution in [0.25, 0.3) is 0 Å². The highest BCUT2D eigenvalue weighted by atomic mass is 127. The Balaban J connectivity index is 0.00000288. The SMILES string of the molecule is CCc1cc(CNC(=NC)NC(C)C(C)C2CCCCC2)on1.I. The number of aliphatic imine (C=N–C) groups is 1. The Kier molecular flexibility index (Phi) is 9.69. The molecule has 0 amide bonds. The van der Waals surface area contributed by atoms with Gasteiger partial charge in [-0.15, -0.1) is 24.0 Å². The van der Waals surface area contributed by atoms with Crippen molar-refractivity contribution in [3.05, 3.63) is 17.5 Å². The maximum absolute atomic E-state index is 5.30. The molecule has 1 aliphatic carbocycles. The molecule has 0 aromatic carbocycles. The maximum atomic E-state index is 5.30. The zero-order valence-corrected chi connectivity index (χ0v) is 17.8. The molecule has 1 aromatic rings. The molecule has 0 spiro atoms. The minimum atomic E-state index is 0. The average molecular weight is 448 g/mol. The molecule has 1 aliphatic rings. The zero-order chi connectivity index (χ0) is 16.7. The third kappa shape index (κ3) is 6.26.